The quantitative estimate of drug-likeness (QED) is 0.471. The lowest BCUT2D eigenvalue weighted by atomic mass is 10.2. The van der Waals surface area contributed by atoms with E-state index < -0.39 is 0 Å². The van der Waals surface area contributed by atoms with Gasteiger partial charge in [-0.3, -0.25) is 9.48 Å². The number of thiophene rings is 1. The van der Waals surface area contributed by atoms with Gasteiger partial charge >= 0.3 is 0 Å². The predicted octanol–water partition coefficient (Wildman–Crippen LogP) is 4.58. The summed E-state index contributed by atoms with van der Waals surface area (Å²) in [5, 5.41) is 9.58. The van der Waals surface area contributed by atoms with Gasteiger partial charge in [0.1, 0.15) is 11.5 Å². The monoisotopic (exact) mass is 389 g/mol. The summed E-state index contributed by atoms with van der Waals surface area (Å²) in [6.45, 7) is 1.04. The Kier molecular flexibility index (Phi) is 5.49. The fraction of sp³-hybridized carbons (Fsp3) is 0.0909. The summed E-state index contributed by atoms with van der Waals surface area (Å²) in [5.74, 6) is 0.543. The lowest BCUT2D eigenvalue weighted by Crippen LogP contribution is -2.19. The molecule has 3 heterocycles. The van der Waals surface area contributed by atoms with Gasteiger partial charge in [-0.15, -0.1) is 11.3 Å². The normalized spacial score (nSPS) is 11.1. The first-order valence-electron chi connectivity index (χ1n) is 8.91. The molecule has 28 heavy (non-hydrogen) atoms. The molecule has 0 saturated carbocycles. The van der Waals surface area contributed by atoms with Gasteiger partial charge in [0.15, 0.2) is 0 Å². The van der Waals surface area contributed by atoms with E-state index in [1.807, 2.05) is 52.7 Å². The maximum Gasteiger partial charge on any atom is 0.244 e. The number of carbonyl (C=O) groups excluding carboxylic acids is 1. The van der Waals surface area contributed by atoms with Crippen molar-refractivity contribution in [3.05, 3.63) is 95.4 Å². The SMILES string of the molecule is O=C(/C=C/c1cn(Cc2ccccc2)nc1-c1cccs1)NCc1ccco1. The molecule has 4 rings (SSSR count). The van der Waals surface area contributed by atoms with Gasteiger partial charge in [-0.1, -0.05) is 36.4 Å². The third-order valence-electron chi connectivity index (χ3n) is 4.16. The highest BCUT2D eigenvalue weighted by atomic mass is 32.1. The summed E-state index contributed by atoms with van der Waals surface area (Å²) in [5.41, 5.74) is 2.96. The average molecular weight is 389 g/mol. The van der Waals surface area contributed by atoms with E-state index in [4.69, 9.17) is 9.52 Å². The molecule has 0 radical (unpaired) electrons. The number of nitrogens with one attached hydrogen (secondary N) is 1. The lowest BCUT2D eigenvalue weighted by molar-refractivity contribution is -0.116. The summed E-state index contributed by atoms with van der Waals surface area (Å²) in [6.07, 6.45) is 6.90. The summed E-state index contributed by atoms with van der Waals surface area (Å²) in [4.78, 5) is 13.2. The van der Waals surface area contributed by atoms with Gasteiger partial charge in [0.05, 0.1) is 24.2 Å². The van der Waals surface area contributed by atoms with Crippen molar-refractivity contribution in [1.29, 1.82) is 0 Å². The lowest BCUT2D eigenvalue weighted by Gasteiger charge is -2.00. The Bertz CT molecular complexity index is 1050. The zero-order chi connectivity index (χ0) is 19.2. The molecule has 1 aromatic carbocycles. The van der Waals surface area contributed by atoms with Crippen LogP contribution >= 0.6 is 11.3 Å². The van der Waals surface area contributed by atoms with Crippen molar-refractivity contribution in [3.8, 4) is 10.6 Å². The Labute approximate surface area is 166 Å². The van der Waals surface area contributed by atoms with Crippen molar-refractivity contribution in [1.82, 2.24) is 15.1 Å². The van der Waals surface area contributed by atoms with Crippen molar-refractivity contribution in [2.45, 2.75) is 13.1 Å². The van der Waals surface area contributed by atoms with Crippen LogP contribution < -0.4 is 5.32 Å². The molecular formula is C22H19N3O2S. The van der Waals surface area contributed by atoms with Crippen LogP contribution in [0.2, 0.25) is 0 Å². The fourth-order valence-electron chi connectivity index (χ4n) is 2.83. The Morgan fingerprint density at radius 2 is 2.04 bits per heavy atom. The number of furan rings is 1. The number of rotatable bonds is 7. The van der Waals surface area contributed by atoms with E-state index in [1.54, 1.807) is 29.7 Å². The fourth-order valence-corrected chi connectivity index (χ4v) is 3.56. The predicted molar refractivity (Wildman–Crippen MR) is 111 cm³/mol. The number of hydrogen-bond donors (Lipinski definition) is 1. The number of aromatic nitrogens is 2. The van der Waals surface area contributed by atoms with E-state index in [-0.39, 0.29) is 5.91 Å². The molecular weight excluding hydrogens is 370 g/mol. The van der Waals surface area contributed by atoms with Gasteiger partial charge in [-0.25, -0.2) is 0 Å². The average Bonchev–Trinajstić information content (AvgIpc) is 3.47. The van der Waals surface area contributed by atoms with E-state index in [2.05, 4.69) is 17.4 Å². The van der Waals surface area contributed by atoms with Crippen LogP contribution in [-0.4, -0.2) is 15.7 Å². The van der Waals surface area contributed by atoms with Gasteiger partial charge in [0.2, 0.25) is 5.91 Å². The van der Waals surface area contributed by atoms with E-state index >= 15 is 0 Å². The topological polar surface area (TPSA) is 60.1 Å². The molecule has 0 unspecified atom stereocenters. The number of hydrogen-bond acceptors (Lipinski definition) is 4. The summed E-state index contributed by atoms with van der Waals surface area (Å²) in [6, 6.07) is 17.8. The molecule has 0 bridgehead atoms. The van der Waals surface area contributed by atoms with Crippen LogP contribution in [0, 0.1) is 0 Å². The van der Waals surface area contributed by atoms with E-state index in [1.165, 1.54) is 11.6 Å². The van der Waals surface area contributed by atoms with Gasteiger partial charge in [-0.05, 0) is 35.2 Å². The number of nitrogens with zero attached hydrogens (tertiary/aromatic N) is 2. The van der Waals surface area contributed by atoms with Crippen LogP contribution in [0.5, 0.6) is 0 Å². The maximum absolute atomic E-state index is 12.1. The second kappa shape index (κ2) is 8.54. The van der Waals surface area contributed by atoms with Gasteiger partial charge in [0, 0.05) is 17.8 Å². The second-order valence-corrected chi connectivity index (χ2v) is 7.17. The molecule has 6 heteroatoms. The first-order valence-corrected chi connectivity index (χ1v) is 9.79. The molecule has 140 valence electrons. The molecule has 1 N–H and O–H groups in total. The summed E-state index contributed by atoms with van der Waals surface area (Å²) < 4.78 is 7.13. The number of carbonyl (C=O) groups is 1. The minimum Gasteiger partial charge on any atom is -0.467 e. The van der Waals surface area contributed by atoms with Crippen molar-refractivity contribution in [2.24, 2.45) is 0 Å². The molecule has 0 saturated heterocycles. The minimum atomic E-state index is -0.177. The van der Waals surface area contributed by atoms with Crippen LogP contribution in [0.25, 0.3) is 16.6 Å². The molecule has 5 nitrogen and oxygen atoms in total. The Morgan fingerprint density at radius 3 is 2.79 bits per heavy atom. The first-order chi connectivity index (χ1) is 13.8. The minimum absolute atomic E-state index is 0.177. The van der Waals surface area contributed by atoms with Crippen molar-refractivity contribution >= 4 is 23.3 Å². The maximum atomic E-state index is 12.1. The smallest absolute Gasteiger partial charge is 0.244 e. The molecule has 3 aromatic heterocycles. The molecule has 4 aromatic rings. The molecule has 0 aliphatic heterocycles. The highest BCUT2D eigenvalue weighted by Crippen LogP contribution is 2.27. The Morgan fingerprint density at radius 1 is 1.14 bits per heavy atom. The molecule has 0 fully saturated rings. The van der Waals surface area contributed by atoms with Crippen LogP contribution in [0.15, 0.2) is 82.9 Å². The molecule has 0 spiro atoms. The summed E-state index contributed by atoms with van der Waals surface area (Å²) >= 11 is 1.63. The van der Waals surface area contributed by atoms with Crippen LogP contribution in [-0.2, 0) is 17.9 Å². The van der Waals surface area contributed by atoms with Crippen molar-refractivity contribution < 1.29 is 9.21 Å². The molecule has 1 amide bonds. The number of benzene rings is 1. The molecule has 0 aliphatic carbocycles. The van der Waals surface area contributed by atoms with Gasteiger partial charge < -0.3 is 9.73 Å². The second-order valence-electron chi connectivity index (χ2n) is 6.22. The third-order valence-corrected chi connectivity index (χ3v) is 5.04. The Hall–Kier alpha value is -3.38. The van der Waals surface area contributed by atoms with E-state index in [9.17, 15) is 4.79 Å². The largest absolute Gasteiger partial charge is 0.467 e. The van der Waals surface area contributed by atoms with Crippen LogP contribution in [0.3, 0.4) is 0 Å². The standard InChI is InChI=1S/C22H19N3O2S/c26-21(23-14-19-8-4-12-27-19)11-10-18-16-25(15-17-6-2-1-3-7-17)24-22(18)20-9-5-13-28-20/h1-13,16H,14-15H2,(H,23,26)/b11-10+. The molecule has 0 aliphatic rings. The first kappa shape index (κ1) is 18.0. The Balaban J connectivity index is 1.52. The summed E-state index contributed by atoms with van der Waals surface area (Å²) in [7, 11) is 0. The van der Waals surface area contributed by atoms with Crippen molar-refractivity contribution in [3.63, 3.8) is 0 Å². The van der Waals surface area contributed by atoms with Crippen LogP contribution in [0.4, 0.5) is 0 Å². The zero-order valence-corrected chi connectivity index (χ0v) is 15.9. The van der Waals surface area contributed by atoms with E-state index in [0.29, 0.717) is 13.1 Å². The van der Waals surface area contributed by atoms with E-state index in [0.717, 1.165) is 21.9 Å². The van der Waals surface area contributed by atoms with Crippen LogP contribution in [0.1, 0.15) is 16.9 Å². The zero-order valence-electron chi connectivity index (χ0n) is 15.1. The van der Waals surface area contributed by atoms with Crippen molar-refractivity contribution in [2.75, 3.05) is 0 Å². The number of amides is 1. The molecule has 0 atom stereocenters. The van der Waals surface area contributed by atoms with Gasteiger partial charge in [0.25, 0.3) is 0 Å². The highest BCUT2D eigenvalue weighted by Gasteiger charge is 2.11. The highest BCUT2D eigenvalue weighted by molar-refractivity contribution is 7.13. The third kappa shape index (κ3) is 4.47. The van der Waals surface area contributed by atoms with Gasteiger partial charge in [-0.2, -0.15) is 5.10 Å².